The van der Waals surface area contributed by atoms with Crippen molar-refractivity contribution in [2.45, 2.75) is 31.4 Å². The highest BCUT2D eigenvalue weighted by molar-refractivity contribution is 14.0. The van der Waals surface area contributed by atoms with Gasteiger partial charge < -0.3 is 10.6 Å². The van der Waals surface area contributed by atoms with Gasteiger partial charge in [0.1, 0.15) is 0 Å². The van der Waals surface area contributed by atoms with Crippen molar-refractivity contribution in [3.8, 4) is 0 Å². The summed E-state index contributed by atoms with van der Waals surface area (Å²) in [5.41, 5.74) is 0. The summed E-state index contributed by atoms with van der Waals surface area (Å²) in [6, 6.07) is 0. The van der Waals surface area contributed by atoms with Crippen LogP contribution in [-0.2, 0) is 9.84 Å². The smallest absolute Gasteiger partial charge is 0.191 e. The quantitative estimate of drug-likeness (QED) is 0.380. The number of aliphatic imine (C=N–C) groups is 1. The summed E-state index contributed by atoms with van der Waals surface area (Å²) in [4.78, 5) is 4.54. The molecule has 0 aromatic heterocycles. The van der Waals surface area contributed by atoms with Crippen molar-refractivity contribution in [3.63, 3.8) is 0 Å². The van der Waals surface area contributed by atoms with E-state index >= 15 is 0 Å². The molecule has 2 heterocycles. The number of nitrogens with one attached hydrogen (secondary N) is 2. The van der Waals surface area contributed by atoms with Crippen LogP contribution in [-0.4, -0.2) is 56.5 Å². The van der Waals surface area contributed by atoms with Crippen LogP contribution in [0.4, 0.5) is 0 Å². The third-order valence-corrected chi connectivity index (χ3v) is 6.93. The number of guanidine groups is 1. The lowest BCUT2D eigenvalue weighted by Crippen LogP contribution is -2.40. The molecule has 21 heavy (non-hydrogen) atoms. The molecule has 2 saturated heterocycles. The minimum absolute atomic E-state index is 0. The Labute approximate surface area is 149 Å². The van der Waals surface area contributed by atoms with E-state index in [1.807, 2.05) is 18.7 Å². The van der Waals surface area contributed by atoms with Gasteiger partial charge in [0.25, 0.3) is 0 Å². The van der Waals surface area contributed by atoms with Gasteiger partial charge in [0.05, 0.1) is 11.5 Å². The maximum atomic E-state index is 11.4. The number of hydrogen-bond donors (Lipinski definition) is 2. The van der Waals surface area contributed by atoms with Crippen LogP contribution in [0.5, 0.6) is 0 Å². The van der Waals surface area contributed by atoms with E-state index in [1.165, 1.54) is 18.6 Å². The minimum Gasteiger partial charge on any atom is -0.357 e. The molecule has 2 unspecified atom stereocenters. The van der Waals surface area contributed by atoms with Gasteiger partial charge in [-0.2, -0.15) is 11.8 Å². The Morgan fingerprint density at radius 1 is 1.33 bits per heavy atom. The van der Waals surface area contributed by atoms with E-state index in [0.717, 1.165) is 25.5 Å². The van der Waals surface area contributed by atoms with Crippen LogP contribution in [0.25, 0.3) is 0 Å². The van der Waals surface area contributed by atoms with E-state index in [4.69, 9.17) is 0 Å². The summed E-state index contributed by atoms with van der Waals surface area (Å²) in [6.07, 6.45) is 3.34. The van der Waals surface area contributed by atoms with E-state index in [0.29, 0.717) is 23.3 Å². The van der Waals surface area contributed by atoms with Gasteiger partial charge in [-0.1, -0.05) is 0 Å². The lowest BCUT2D eigenvalue weighted by molar-refractivity contribution is 0.589. The largest absolute Gasteiger partial charge is 0.357 e. The molecule has 2 aliphatic rings. The van der Waals surface area contributed by atoms with Crippen molar-refractivity contribution in [1.82, 2.24) is 10.6 Å². The molecule has 2 N–H and O–H groups in total. The molecule has 0 amide bonds. The van der Waals surface area contributed by atoms with Crippen LogP contribution in [0, 0.1) is 5.92 Å². The second-order valence-electron chi connectivity index (χ2n) is 5.50. The van der Waals surface area contributed by atoms with Gasteiger partial charge in [-0.25, -0.2) is 8.42 Å². The summed E-state index contributed by atoms with van der Waals surface area (Å²) >= 11 is 2.02. The molecule has 0 aromatic rings. The Hall–Kier alpha value is 0.300. The summed E-state index contributed by atoms with van der Waals surface area (Å²) in [5, 5.41) is 7.29. The molecule has 2 rings (SSSR count). The van der Waals surface area contributed by atoms with Crippen LogP contribution in [0.1, 0.15) is 26.2 Å². The Kier molecular flexibility index (Phi) is 8.70. The molecular formula is C13H26IN3O2S2. The van der Waals surface area contributed by atoms with Crippen LogP contribution in [0.2, 0.25) is 0 Å². The zero-order valence-electron chi connectivity index (χ0n) is 12.5. The third kappa shape index (κ3) is 6.94. The predicted molar refractivity (Wildman–Crippen MR) is 102 cm³/mol. The second kappa shape index (κ2) is 9.44. The maximum absolute atomic E-state index is 11.4. The first-order valence-corrected chi connectivity index (χ1v) is 10.3. The van der Waals surface area contributed by atoms with Crippen LogP contribution < -0.4 is 10.6 Å². The molecule has 0 spiro atoms. The maximum Gasteiger partial charge on any atom is 0.191 e. The molecule has 2 fully saturated rings. The van der Waals surface area contributed by atoms with Crippen molar-refractivity contribution >= 4 is 51.5 Å². The summed E-state index contributed by atoms with van der Waals surface area (Å²) < 4.78 is 22.9. The van der Waals surface area contributed by atoms with Crippen molar-refractivity contribution in [2.75, 3.05) is 36.9 Å². The first-order valence-electron chi connectivity index (χ1n) is 7.43. The van der Waals surface area contributed by atoms with Gasteiger partial charge in [-0.3, -0.25) is 4.99 Å². The number of nitrogens with zero attached hydrogens (tertiary/aromatic N) is 1. The fraction of sp³-hybridized carbons (Fsp3) is 0.923. The second-order valence-corrected chi connectivity index (χ2v) is 9.14. The first kappa shape index (κ1) is 19.3. The topological polar surface area (TPSA) is 70.6 Å². The SMILES string of the molecule is CCNC(=NCC1CCS(=O)(=O)C1)NCC1CCCS1.I. The number of hydrogen-bond acceptors (Lipinski definition) is 4. The van der Waals surface area contributed by atoms with Gasteiger partial charge in [-0.05, 0) is 37.9 Å². The Bertz CT molecular complexity index is 437. The van der Waals surface area contributed by atoms with Gasteiger partial charge in [0, 0.05) is 24.9 Å². The number of rotatable bonds is 5. The Morgan fingerprint density at radius 2 is 2.14 bits per heavy atom. The molecule has 124 valence electrons. The summed E-state index contributed by atoms with van der Waals surface area (Å²) in [5.74, 6) is 2.91. The zero-order chi connectivity index (χ0) is 14.4. The number of sulfone groups is 1. The van der Waals surface area contributed by atoms with Crippen molar-refractivity contribution in [1.29, 1.82) is 0 Å². The molecule has 8 heteroatoms. The standard InChI is InChI=1S/C13H25N3O2S2.HI/c1-2-14-13(16-9-12-4-3-6-19-12)15-8-11-5-7-20(17,18)10-11;/h11-12H,2-10H2,1H3,(H2,14,15,16);1H. The van der Waals surface area contributed by atoms with Crippen LogP contribution >= 0.6 is 35.7 Å². The van der Waals surface area contributed by atoms with Crippen LogP contribution in [0.3, 0.4) is 0 Å². The fourth-order valence-electron chi connectivity index (χ4n) is 2.59. The molecule has 2 aliphatic heterocycles. The first-order chi connectivity index (χ1) is 9.59. The predicted octanol–water partition coefficient (Wildman–Crippen LogP) is 1.49. The lowest BCUT2D eigenvalue weighted by atomic mass is 10.1. The highest BCUT2D eigenvalue weighted by Gasteiger charge is 2.27. The molecule has 0 radical (unpaired) electrons. The molecule has 0 bridgehead atoms. The highest BCUT2D eigenvalue weighted by Crippen LogP contribution is 2.25. The van der Waals surface area contributed by atoms with Crippen LogP contribution in [0.15, 0.2) is 4.99 Å². The minimum atomic E-state index is -2.79. The van der Waals surface area contributed by atoms with E-state index in [1.54, 1.807) is 0 Å². The fourth-order valence-corrected chi connectivity index (χ4v) is 5.64. The van der Waals surface area contributed by atoms with Gasteiger partial charge in [0.15, 0.2) is 15.8 Å². The van der Waals surface area contributed by atoms with E-state index in [9.17, 15) is 8.42 Å². The molecular weight excluding hydrogens is 421 g/mol. The Balaban J connectivity index is 0.00000220. The molecule has 2 atom stereocenters. The molecule has 5 nitrogen and oxygen atoms in total. The van der Waals surface area contributed by atoms with Crippen molar-refractivity contribution < 1.29 is 8.42 Å². The Morgan fingerprint density at radius 3 is 2.71 bits per heavy atom. The summed E-state index contributed by atoms with van der Waals surface area (Å²) in [7, 11) is -2.79. The third-order valence-electron chi connectivity index (χ3n) is 3.70. The van der Waals surface area contributed by atoms with E-state index in [2.05, 4.69) is 15.6 Å². The van der Waals surface area contributed by atoms with Crippen molar-refractivity contribution in [3.05, 3.63) is 0 Å². The highest BCUT2D eigenvalue weighted by atomic mass is 127. The zero-order valence-corrected chi connectivity index (χ0v) is 16.5. The molecule has 0 aliphatic carbocycles. The molecule has 0 aromatic carbocycles. The normalized spacial score (nSPS) is 28.1. The average Bonchev–Trinajstić information content (AvgIpc) is 3.02. The lowest BCUT2D eigenvalue weighted by Gasteiger charge is -2.15. The van der Waals surface area contributed by atoms with Crippen molar-refractivity contribution in [2.24, 2.45) is 10.9 Å². The van der Waals surface area contributed by atoms with Gasteiger partial charge in [0.2, 0.25) is 0 Å². The summed E-state index contributed by atoms with van der Waals surface area (Å²) in [6.45, 7) is 4.42. The molecule has 0 saturated carbocycles. The average molecular weight is 447 g/mol. The van der Waals surface area contributed by atoms with E-state index < -0.39 is 9.84 Å². The van der Waals surface area contributed by atoms with Gasteiger partial charge in [-0.15, -0.1) is 24.0 Å². The van der Waals surface area contributed by atoms with Gasteiger partial charge >= 0.3 is 0 Å². The van der Waals surface area contributed by atoms with E-state index in [-0.39, 0.29) is 29.9 Å². The number of halogens is 1. The monoisotopic (exact) mass is 447 g/mol. The number of thioether (sulfide) groups is 1.